The van der Waals surface area contributed by atoms with E-state index in [2.05, 4.69) is 22.1 Å². The molecule has 5 aromatic rings. The number of benzene rings is 3. The second-order valence-electron chi connectivity index (χ2n) is 9.41. The van der Waals surface area contributed by atoms with E-state index in [4.69, 9.17) is 10.2 Å². The Morgan fingerprint density at radius 3 is 2.54 bits per heavy atom. The molecule has 3 aromatic carbocycles. The van der Waals surface area contributed by atoms with Crippen LogP contribution in [0.3, 0.4) is 0 Å². The Bertz CT molecular complexity index is 1740. The SMILES string of the molecule is Cc1nc2cc(C(c3cc4ccccc4nc3CCc3ccc(C#N)cc3)N(CCC#N)C(=O)O)ccc2[nH]1. The number of pyridine rings is 1. The molecule has 5 rings (SSSR count). The summed E-state index contributed by atoms with van der Waals surface area (Å²) in [4.78, 5) is 26.7. The van der Waals surface area contributed by atoms with Gasteiger partial charge in [-0.3, -0.25) is 9.88 Å². The van der Waals surface area contributed by atoms with E-state index in [-0.39, 0.29) is 13.0 Å². The summed E-state index contributed by atoms with van der Waals surface area (Å²) in [6.45, 7) is 1.93. The standard InChI is InChI=1S/C31H26N6O2/c1-20-34-28-14-12-24(18-29(28)35-20)30(37(31(38)39)16-4-15-32)25-17-23-5-2-3-6-26(23)36-27(25)13-11-21-7-9-22(19-33)10-8-21/h2-3,5-10,12,14,17-18,30H,4,11,13,16H2,1H3,(H,34,35)(H,38,39). The molecule has 1 unspecified atom stereocenters. The molecule has 39 heavy (non-hydrogen) atoms. The zero-order valence-electron chi connectivity index (χ0n) is 21.4. The molecule has 0 saturated carbocycles. The van der Waals surface area contributed by atoms with Gasteiger partial charge in [-0.1, -0.05) is 36.4 Å². The lowest BCUT2D eigenvalue weighted by atomic mass is 9.92. The van der Waals surface area contributed by atoms with Crippen LogP contribution in [0.5, 0.6) is 0 Å². The molecule has 0 aliphatic rings. The largest absolute Gasteiger partial charge is 0.465 e. The van der Waals surface area contributed by atoms with Crippen molar-refractivity contribution >= 4 is 28.0 Å². The van der Waals surface area contributed by atoms with Crippen LogP contribution in [-0.4, -0.2) is 37.6 Å². The molecule has 0 saturated heterocycles. The van der Waals surface area contributed by atoms with Gasteiger partial charge in [0, 0.05) is 23.2 Å². The maximum atomic E-state index is 12.6. The minimum atomic E-state index is -1.11. The Kier molecular flexibility index (Phi) is 7.20. The molecule has 2 heterocycles. The fourth-order valence-electron chi connectivity index (χ4n) is 4.97. The van der Waals surface area contributed by atoms with Crippen LogP contribution in [0.4, 0.5) is 4.79 Å². The monoisotopic (exact) mass is 514 g/mol. The van der Waals surface area contributed by atoms with Crippen LogP contribution in [0.2, 0.25) is 0 Å². The molecule has 1 amide bonds. The highest BCUT2D eigenvalue weighted by atomic mass is 16.4. The van der Waals surface area contributed by atoms with Gasteiger partial charge in [0.05, 0.1) is 46.7 Å². The number of fused-ring (bicyclic) bond motifs is 2. The third kappa shape index (κ3) is 5.41. The maximum absolute atomic E-state index is 12.6. The number of rotatable bonds is 8. The first-order valence-corrected chi connectivity index (χ1v) is 12.7. The number of nitriles is 2. The van der Waals surface area contributed by atoms with Crippen LogP contribution in [0, 0.1) is 29.6 Å². The predicted octanol–water partition coefficient (Wildman–Crippen LogP) is 6.06. The van der Waals surface area contributed by atoms with Crippen LogP contribution in [-0.2, 0) is 12.8 Å². The average Bonchev–Trinajstić information content (AvgIpc) is 3.33. The molecule has 0 fully saturated rings. The van der Waals surface area contributed by atoms with Crippen LogP contribution in [0.1, 0.15) is 46.2 Å². The number of hydrogen-bond donors (Lipinski definition) is 2. The van der Waals surface area contributed by atoms with Gasteiger partial charge in [-0.15, -0.1) is 0 Å². The number of nitrogens with zero attached hydrogens (tertiary/aromatic N) is 5. The van der Waals surface area contributed by atoms with Crippen molar-refractivity contribution < 1.29 is 9.90 Å². The number of hydrogen-bond acceptors (Lipinski definition) is 5. The van der Waals surface area contributed by atoms with E-state index in [1.165, 1.54) is 4.90 Å². The molecule has 2 aromatic heterocycles. The summed E-state index contributed by atoms with van der Waals surface area (Å²) in [5.74, 6) is 0.772. The van der Waals surface area contributed by atoms with Crippen LogP contribution < -0.4 is 0 Å². The summed E-state index contributed by atoms with van der Waals surface area (Å²) < 4.78 is 0. The Balaban J connectivity index is 1.66. The van der Waals surface area contributed by atoms with Crippen molar-refractivity contribution in [2.45, 2.75) is 32.2 Å². The van der Waals surface area contributed by atoms with Gasteiger partial charge in [0.15, 0.2) is 0 Å². The molecule has 0 radical (unpaired) electrons. The molecule has 8 nitrogen and oxygen atoms in total. The highest BCUT2D eigenvalue weighted by Crippen LogP contribution is 2.35. The summed E-state index contributed by atoms with van der Waals surface area (Å²) in [6.07, 6.45) is 0.186. The number of aryl methyl sites for hydroxylation is 3. The van der Waals surface area contributed by atoms with Crippen LogP contribution in [0.25, 0.3) is 21.9 Å². The number of amides is 1. The van der Waals surface area contributed by atoms with Gasteiger partial charge < -0.3 is 10.1 Å². The first kappa shape index (κ1) is 25.4. The minimum Gasteiger partial charge on any atom is -0.465 e. The lowest BCUT2D eigenvalue weighted by molar-refractivity contribution is 0.133. The fourth-order valence-corrected chi connectivity index (χ4v) is 4.97. The summed E-state index contributed by atoms with van der Waals surface area (Å²) in [6, 6.07) is 26.5. The smallest absolute Gasteiger partial charge is 0.408 e. The molecular formula is C31H26N6O2. The van der Waals surface area contributed by atoms with Crippen molar-refractivity contribution in [2.24, 2.45) is 0 Å². The second kappa shape index (κ2) is 11.0. The number of nitrogens with one attached hydrogen (secondary N) is 1. The van der Waals surface area contributed by atoms with E-state index in [1.54, 1.807) is 12.1 Å². The summed E-state index contributed by atoms with van der Waals surface area (Å²) >= 11 is 0. The highest BCUT2D eigenvalue weighted by molar-refractivity contribution is 5.81. The van der Waals surface area contributed by atoms with Crippen LogP contribution in [0.15, 0.2) is 72.8 Å². The molecule has 0 aliphatic carbocycles. The van der Waals surface area contributed by atoms with E-state index in [9.17, 15) is 15.2 Å². The first-order chi connectivity index (χ1) is 19.0. The van der Waals surface area contributed by atoms with Gasteiger partial charge in [0.2, 0.25) is 0 Å². The van der Waals surface area contributed by atoms with Crippen molar-refractivity contribution in [1.29, 1.82) is 10.5 Å². The summed E-state index contributed by atoms with van der Waals surface area (Å²) in [5, 5.41) is 29.6. The summed E-state index contributed by atoms with van der Waals surface area (Å²) in [5.41, 5.74) is 6.40. The normalized spacial score (nSPS) is 11.7. The fraction of sp³-hybridized carbons (Fsp3) is 0.194. The van der Waals surface area contributed by atoms with Gasteiger partial charge >= 0.3 is 6.09 Å². The first-order valence-electron chi connectivity index (χ1n) is 12.7. The van der Waals surface area contributed by atoms with E-state index in [0.717, 1.165) is 50.1 Å². The molecule has 2 N–H and O–H groups in total. The number of para-hydroxylation sites is 1. The van der Waals surface area contributed by atoms with E-state index >= 15 is 0 Å². The van der Waals surface area contributed by atoms with Gasteiger partial charge in [0.1, 0.15) is 5.82 Å². The Morgan fingerprint density at radius 1 is 1.00 bits per heavy atom. The van der Waals surface area contributed by atoms with E-state index in [0.29, 0.717) is 18.4 Å². The molecular weight excluding hydrogens is 488 g/mol. The van der Waals surface area contributed by atoms with Crippen molar-refractivity contribution in [2.75, 3.05) is 6.54 Å². The number of aromatic nitrogens is 3. The Hall–Kier alpha value is -5.21. The molecule has 0 spiro atoms. The van der Waals surface area contributed by atoms with Crippen LogP contribution >= 0.6 is 0 Å². The molecule has 8 heteroatoms. The van der Waals surface area contributed by atoms with E-state index in [1.807, 2.05) is 67.6 Å². The Labute approximate surface area is 225 Å². The number of H-pyrrole nitrogens is 1. The van der Waals surface area contributed by atoms with Gasteiger partial charge in [-0.05, 0) is 67.3 Å². The van der Waals surface area contributed by atoms with Crippen molar-refractivity contribution in [3.63, 3.8) is 0 Å². The third-order valence-electron chi connectivity index (χ3n) is 6.83. The zero-order valence-corrected chi connectivity index (χ0v) is 21.4. The number of imidazole rings is 1. The molecule has 0 aliphatic heterocycles. The highest BCUT2D eigenvalue weighted by Gasteiger charge is 2.30. The minimum absolute atomic E-state index is 0.0516. The van der Waals surface area contributed by atoms with Gasteiger partial charge in [-0.25, -0.2) is 9.78 Å². The lowest BCUT2D eigenvalue weighted by Crippen LogP contribution is -2.36. The second-order valence-corrected chi connectivity index (χ2v) is 9.41. The predicted molar refractivity (Wildman–Crippen MR) is 148 cm³/mol. The Morgan fingerprint density at radius 2 is 1.79 bits per heavy atom. The zero-order chi connectivity index (χ0) is 27.4. The van der Waals surface area contributed by atoms with Crippen molar-refractivity contribution in [1.82, 2.24) is 19.9 Å². The lowest BCUT2D eigenvalue weighted by Gasteiger charge is -2.31. The quantitative estimate of drug-likeness (QED) is 0.259. The van der Waals surface area contributed by atoms with Gasteiger partial charge in [0.25, 0.3) is 0 Å². The number of carboxylic acid groups (broad SMARTS) is 1. The van der Waals surface area contributed by atoms with Gasteiger partial charge in [-0.2, -0.15) is 10.5 Å². The number of aromatic amines is 1. The molecule has 0 bridgehead atoms. The number of carbonyl (C=O) groups is 1. The maximum Gasteiger partial charge on any atom is 0.408 e. The van der Waals surface area contributed by atoms with Crippen molar-refractivity contribution in [3.05, 3.63) is 107 Å². The summed E-state index contributed by atoms with van der Waals surface area (Å²) in [7, 11) is 0. The third-order valence-corrected chi connectivity index (χ3v) is 6.83. The molecule has 1 atom stereocenters. The van der Waals surface area contributed by atoms with E-state index < -0.39 is 12.1 Å². The topological polar surface area (TPSA) is 130 Å². The molecule has 192 valence electrons. The average molecular weight is 515 g/mol. The van der Waals surface area contributed by atoms with Crippen molar-refractivity contribution in [3.8, 4) is 12.1 Å².